The molecule has 0 atom stereocenters. The van der Waals surface area contributed by atoms with Crippen LogP contribution in [-0.2, 0) is 11.3 Å². The highest BCUT2D eigenvalue weighted by atomic mass is 127. The van der Waals surface area contributed by atoms with Crippen molar-refractivity contribution in [3.8, 4) is 5.69 Å². The molecular formula is C21H32IN5O. The van der Waals surface area contributed by atoms with Gasteiger partial charge in [0.05, 0.1) is 18.0 Å². The number of hydrogen-bond donors (Lipinski definition) is 2. The maximum absolute atomic E-state index is 5.96. The summed E-state index contributed by atoms with van der Waals surface area (Å²) in [5, 5.41) is 11.1. The van der Waals surface area contributed by atoms with E-state index in [9.17, 15) is 0 Å². The molecule has 1 aliphatic rings. The van der Waals surface area contributed by atoms with Crippen LogP contribution in [0.1, 0.15) is 44.1 Å². The quantitative estimate of drug-likeness (QED) is 0.252. The van der Waals surface area contributed by atoms with Gasteiger partial charge in [0.25, 0.3) is 0 Å². The Labute approximate surface area is 185 Å². The second kappa shape index (κ2) is 12.8. The predicted octanol–water partition coefficient (Wildman–Crippen LogP) is 3.89. The molecule has 0 radical (unpaired) electrons. The lowest BCUT2D eigenvalue weighted by molar-refractivity contribution is 0.0277. The van der Waals surface area contributed by atoms with Crippen LogP contribution in [0.5, 0.6) is 0 Å². The molecule has 1 fully saturated rings. The standard InChI is InChI=1S/C21H31N5O.HI/c1-22-21(23-13-8-14-27-20-11-6-3-7-12-20)24-15-18-16-25-26(17-18)19-9-4-2-5-10-19;/h2,4-5,9-10,16-17,20H,3,6-8,11-15H2,1H3,(H2,22,23,24);1H. The van der Waals surface area contributed by atoms with Gasteiger partial charge in [-0.1, -0.05) is 37.5 Å². The van der Waals surface area contributed by atoms with E-state index in [1.807, 2.05) is 47.4 Å². The van der Waals surface area contributed by atoms with Crippen LogP contribution in [0.4, 0.5) is 0 Å². The molecule has 1 heterocycles. The molecular weight excluding hydrogens is 465 g/mol. The van der Waals surface area contributed by atoms with Gasteiger partial charge in [0.1, 0.15) is 0 Å². The van der Waals surface area contributed by atoms with Crippen molar-refractivity contribution < 1.29 is 4.74 Å². The Morgan fingerprint density at radius 3 is 2.71 bits per heavy atom. The van der Waals surface area contributed by atoms with Crippen molar-refractivity contribution in [2.75, 3.05) is 20.2 Å². The van der Waals surface area contributed by atoms with Crippen LogP contribution in [0, 0.1) is 0 Å². The third-order valence-corrected chi connectivity index (χ3v) is 4.86. The number of aromatic nitrogens is 2. The molecule has 1 saturated carbocycles. The average molecular weight is 497 g/mol. The Balaban J connectivity index is 0.00000280. The highest BCUT2D eigenvalue weighted by Gasteiger charge is 2.13. The maximum Gasteiger partial charge on any atom is 0.191 e. The third-order valence-electron chi connectivity index (χ3n) is 4.86. The first-order valence-electron chi connectivity index (χ1n) is 10.0. The first kappa shape index (κ1) is 22.7. The minimum Gasteiger partial charge on any atom is -0.378 e. The zero-order valence-corrected chi connectivity index (χ0v) is 19.0. The molecule has 0 saturated heterocycles. The predicted molar refractivity (Wildman–Crippen MR) is 125 cm³/mol. The van der Waals surface area contributed by atoms with Crippen molar-refractivity contribution in [1.82, 2.24) is 20.4 Å². The second-order valence-electron chi connectivity index (χ2n) is 6.97. The van der Waals surface area contributed by atoms with Crippen LogP contribution in [0.15, 0.2) is 47.7 Å². The van der Waals surface area contributed by atoms with E-state index < -0.39 is 0 Å². The molecule has 0 bridgehead atoms. The van der Waals surface area contributed by atoms with E-state index in [1.165, 1.54) is 32.1 Å². The van der Waals surface area contributed by atoms with Crippen molar-refractivity contribution >= 4 is 29.9 Å². The minimum absolute atomic E-state index is 0. The number of hydrogen-bond acceptors (Lipinski definition) is 3. The normalized spacial score (nSPS) is 15.1. The summed E-state index contributed by atoms with van der Waals surface area (Å²) in [5.41, 5.74) is 2.17. The molecule has 3 rings (SSSR count). The fourth-order valence-corrected chi connectivity index (χ4v) is 3.34. The number of nitrogens with one attached hydrogen (secondary N) is 2. The molecule has 0 spiro atoms. The van der Waals surface area contributed by atoms with E-state index in [0.29, 0.717) is 12.6 Å². The largest absolute Gasteiger partial charge is 0.378 e. The van der Waals surface area contributed by atoms with Gasteiger partial charge in [-0.15, -0.1) is 24.0 Å². The molecule has 1 aromatic heterocycles. The van der Waals surface area contributed by atoms with Crippen LogP contribution in [-0.4, -0.2) is 42.0 Å². The van der Waals surface area contributed by atoms with E-state index in [0.717, 1.165) is 36.8 Å². The minimum atomic E-state index is 0. The summed E-state index contributed by atoms with van der Waals surface area (Å²) in [6.07, 6.45) is 11.9. The number of aliphatic imine (C=N–C) groups is 1. The number of rotatable bonds is 8. The molecule has 0 amide bonds. The van der Waals surface area contributed by atoms with Crippen molar-refractivity contribution in [3.63, 3.8) is 0 Å². The van der Waals surface area contributed by atoms with Crippen molar-refractivity contribution in [1.29, 1.82) is 0 Å². The lowest BCUT2D eigenvalue weighted by Gasteiger charge is -2.22. The molecule has 154 valence electrons. The van der Waals surface area contributed by atoms with Crippen LogP contribution in [0.3, 0.4) is 0 Å². The van der Waals surface area contributed by atoms with Crippen LogP contribution in [0.2, 0.25) is 0 Å². The van der Waals surface area contributed by atoms with E-state index in [2.05, 4.69) is 20.7 Å². The summed E-state index contributed by atoms with van der Waals surface area (Å²) >= 11 is 0. The Bertz CT molecular complexity index is 698. The van der Waals surface area contributed by atoms with E-state index >= 15 is 0 Å². The van der Waals surface area contributed by atoms with Crippen molar-refractivity contribution in [2.45, 2.75) is 51.2 Å². The number of para-hydroxylation sites is 1. The van der Waals surface area contributed by atoms with Gasteiger partial charge >= 0.3 is 0 Å². The number of ether oxygens (including phenoxy) is 1. The Kier molecular flexibility index (Phi) is 10.3. The van der Waals surface area contributed by atoms with Crippen molar-refractivity contribution in [2.24, 2.45) is 4.99 Å². The summed E-state index contributed by atoms with van der Waals surface area (Å²) in [4.78, 5) is 4.28. The highest BCUT2D eigenvalue weighted by molar-refractivity contribution is 14.0. The van der Waals surface area contributed by atoms with E-state index in [4.69, 9.17) is 4.74 Å². The smallest absolute Gasteiger partial charge is 0.191 e. The summed E-state index contributed by atoms with van der Waals surface area (Å²) in [6, 6.07) is 10.1. The second-order valence-corrected chi connectivity index (χ2v) is 6.97. The van der Waals surface area contributed by atoms with Crippen LogP contribution >= 0.6 is 24.0 Å². The SMILES string of the molecule is CN=C(NCCCOC1CCCCC1)NCc1cnn(-c2ccccc2)c1.I. The first-order valence-corrected chi connectivity index (χ1v) is 10.0. The molecule has 6 nitrogen and oxygen atoms in total. The molecule has 28 heavy (non-hydrogen) atoms. The summed E-state index contributed by atoms with van der Waals surface area (Å²) in [7, 11) is 1.79. The fourth-order valence-electron chi connectivity index (χ4n) is 3.34. The molecule has 1 aliphatic carbocycles. The fraction of sp³-hybridized carbons (Fsp3) is 0.524. The molecule has 0 aliphatic heterocycles. The third kappa shape index (κ3) is 7.43. The zero-order chi connectivity index (χ0) is 18.7. The summed E-state index contributed by atoms with van der Waals surface area (Å²) < 4.78 is 7.85. The van der Waals surface area contributed by atoms with Gasteiger partial charge in [-0.25, -0.2) is 4.68 Å². The number of benzene rings is 1. The Morgan fingerprint density at radius 1 is 1.18 bits per heavy atom. The maximum atomic E-state index is 5.96. The number of guanidine groups is 1. The van der Waals surface area contributed by atoms with Gasteiger partial charge in [0, 0.05) is 38.5 Å². The van der Waals surface area contributed by atoms with Crippen LogP contribution < -0.4 is 10.6 Å². The average Bonchev–Trinajstić information content (AvgIpc) is 3.20. The monoisotopic (exact) mass is 497 g/mol. The molecule has 1 aromatic carbocycles. The highest BCUT2D eigenvalue weighted by Crippen LogP contribution is 2.20. The molecule has 7 heteroatoms. The van der Waals surface area contributed by atoms with E-state index in [1.54, 1.807) is 7.05 Å². The number of nitrogens with zero attached hydrogens (tertiary/aromatic N) is 3. The van der Waals surface area contributed by atoms with Gasteiger partial charge in [-0.3, -0.25) is 4.99 Å². The lowest BCUT2D eigenvalue weighted by atomic mass is 9.98. The van der Waals surface area contributed by atoms with Gasteiger partial charge < -0.3 is 15.4 Å². The number of halogens is 1. The first-order chi connectivity index (χ1) is 13.3. The van der Waals surface area contributed by atoms with Gasteiger partial charge in [0.2, 0.25) is 0 Å². The van der Waals surface area contributed by atoms with Crippen molar-refractivity contribution in [3.05, 3.63) is 48.3 Å². The molecule has 2 aromatic rings. The Morgan fingerprint density at radius 2 is 1.96 bits per heavy atom. The topological polar surface area (TPSA) is 63.5 Å². The van der Waals surface area contributed by atoms with Gasteiger partial charge in [-0.2, -0.15) is 5.10 Å². The summed E-state index contributed by atoms with van der Waals surface area (Å²) in [6.45, 7) is 2.36. The lowest BCUT2D eigenvalue weighted by Crippen LogP contribution is -2.37. The Hall–Kier alpha value is -1.61. The van der Waals surface area contributed by atoms with Crippen LogP contribution in [0.25, 0.3) is 5.69 Å². The molecule has 0 unspecified atom stereocenters. The summed E-state index contributed by atoms with van der Waals surface area (Å²) in [5.74, 6) is 0.806. The van der Waals surface area contributed by atoms with E-state index in [-0.39, 0.29) is 24.0 Å². The van der Waals surface area contributed by atoms with Gasteiger partial charge in [-0.05, 0) is 31.4 Å². The zero-order valence-electron chi connectivity index (χ0n) is 16.6. The molecule has 2 N–H and O–H groups in total. The van der Waals surface area contributed by atoms with Gasteiger partial charge in [0.15, 0.2) is 5.96 Å².